The van der Waals surface area contributed by atoms with Gasteiger partial charge in [0, 0.05) is 22.5 Å². The lowest BCUT2D eigenvalue weighted by Crippen LogP contribution is -2.22. The van der Waals surface area contributed by atoms with E-state index in [0.29, 0.717) is 0 Å². The molecule has 0 spiro atoms. The van der Waals surface area contributed by atoms with Crippen LogP contribution in [0.5, 0.6) is 0 Å². The quantitative estimate of drug-likeness (QED) is 0.159. The van der Waals surface area contributed by atoms with E-state index in [2.05, 4.69) is 218 Å². The minimum Gasteiger partial charge on any atom is -0.310 e. The average molecular weight is 676 g/mol. The lowest BCUT2D eigenvalue weighted by atomic mass is 9.74. The van der Waals surface area contributed by atoms with Crippen molar-refractivity contribution in [2.45, 2.75) is 12.3 Å². The third-order valence-electron chi connectivity index (χ3n) is 11.3. The number of nitrogens with zero attached hydrogens (tertiary/aromatic N) is 1. The van der Waals surface area contributed by atoms with Crippen molar-refractivity contribution in [3.8, 4) is 33.4 Å². The Morgan fingerprint density at radius 3 is 1.79 bits per heavy atom. The van der Waals surface area contributed by atoms with Gasteiger partial charge in [0.2, 0.25) is 0 Å². The predicted molar refractivity (Wildman–Crippen MR) is 224 cm³/mol. The molecule has 0 amide bonds. The van der Waals surface area contributed by atoms with Crippen molar-refractivity contribution in [1.29, 1.82) is 0 Å². The highest BCUT2D eigenvalue weighted by atomic mass is 15.1. The summed E-state index contributed by atoms with van der Waals surface area (Å²) in [5.41, 5.74) is 14.5. The van der Waals surface area contributed by atoms with Gasteiger partial charge in [0.25, 0.3) is 0 Å². The van der Waals surface area contributed by atoms with Crippen LogP contribution in [0.1, 0.15) is 23.6 Å². The Kier molecular flexibility index (Phi) is 7.33. The molecule has 0 radical (unpaired) electrons. The fourth-order valence-electron chi connectivity index (χ4n) is 8.69. The van der Waals surface area contributed by atoms with E-state index >= 15 is 0 Å². The summed E-state index contributed by atoms with van der Waals surface area (Å²) in [6.07, 6.45) is 0. The van der Waals surface area contributed by atoms with Gasteiger partial charge in [-0.25, -0.2) is 0 Å². The van der Waals surface area contributed by atoms with Gasteiger partial charge < -0.3 is 4.90 Å². The summed E-state index contributed by atoms with van der Waals surface area (Å²) >= 11 is 0. The molecule has 0 saturated carbocycles. The SMILES string of the molecule is CC1(c2ccccc2)c2ccccc2-c2ccc(N(c3ccc(-c4ccccc4)cc3)c3cccc(-c4cccc5ccc6ccccc6c45)c3)cc21. The fraction of sp³-hybridized carbons (Fsp3) is 0.0385. The molecule has 1 unspecified atom stereocenters. The summed E-state index contributed by atoms with van der Waals surface area (Å²) in [6, 6.07) is 75.5. The van der Waals surface area contributed by atoms with Crippen LogP contribution >= 0.6 is 0 Å². The molecule has 0 aliphatic heterocycles. The standard InChI is InChI=1S/C52H37N/c1-52(41-19-6-3-7-20-41)49-25-11-10-23-47(49)48-33-32-44(35-50(48)52)53(42-30-28-37(29-31-42)36-14-4-2-5-15-36)43-21-12-18-40(34-43)46-24-13-17-39-27-26-38-16-8-9-22-45(38)51(39)46/h2-35H,1H3. The van der Waals surface area contributed by atoms with E-state index < -0.39 is 0 Å². The molecule has 9 aromatic carbocycles. The minimum absolute atomic E-state index is 0.294. The Morgan fingerprint density at radius 1 is 0.358 bits per heavy atom. The van der Waals surface area contributed by atoms with E-state index in [4.69, 9.17) is 0 Å². The Bertz CT molecular complexity index is 2780. The molecular weight excluding hydrogens is 639 g/mol. The van der Waals surface area contributed by atoms with Crippen LogP contribution in [0.2, 0.25) is 0 Å². The molecule has 0 aromatic heterocycles. The van der Waals surface area contributed by atoms with Crippen LogP contribution in [0, 0.1) is 0 Å². The molecule has 1 nitrogen and oxygen atoms in total. The molecule has 250 valence electrons. The fourth-order valence-corrected chi connectivity index (χ4v) is 8.69. The van der Waals surface area contributed by atoms with Gasteiger partial charge >= 0.3 is 0 Å². The van der Waals surface area contributed by atoms with Gasteiger partial charge in [0.1, 0.15) is 0 Å². The maximum Gasteiger partial charge on any atom is 0.0467 e. The molecule has 9 aromatic rings. The first-order valence-corrected chi connectivity index (χ1v) is 18.4. The van der Waals surface area contributed by atoms with E-state index in [9.17, 15) is 0 Å². The lowest BCUT2D eigenvalue weighted by Gasteiger charge is -2.31. The Morgan fingerprint density at radius 2 is 0.943 bits per heavy atom. The topological polar surface area (TPSA) is 3.24 Å². The monoisotopic (exact) mass is 675 g/mol. The van der Waals surface area contributed by atoms with Crippen LogP contribution in [0.4, 0.5) is 17.1 Å². The average Bonchev–Trinajstić information content (AvgIpc) is 3.49. The molecule has 1 atom stereocenters. The van der Waals surface area contributed by atoms with Crippen molar-refractivity contribution in [1.82, 2.24) is 0 Å². The zero-order valence-electron chi connectivity index (χ0n) is 29.6. The summed E-state index contributed by atoms with van der Waals surface area (Å²) in [4.78, 5) is 2.43. The van der Waals surface area contributed by atoms with Crippen molar-refractivity contribution in [3.63, 3.8) is 0 Å². The second-order valence-corrected chi connectivity index (χ2v) is 14.3. The van der Waals surface area contributed by atoms with Gasteiger partial charge in [-0.2, -0.15) is 0 Å². The smallest absolute Gasteiger partial charge is 0.0467 e. The highest BCUT2D eigenvalue weighted by Gasteiger charge is 2.41. The molecule has 0 heterocycles. The lowest BCUT2D eigenvalue weighted by molar-refractivity contribution is 0.714. The van der Waals surface area contributed by atoms with Crippen molar-refractivity contribution in [2.24, 2.45) is 0 Å². The van der Waals surface area contributed by atoms with Gasteiger partial charge in [-0.1, -0.05) is 170 Å². The van der Waals surface area contributed by atoms with Crippen molar-refractivity contribution in [2.75, 3.05) is 4.90 Å². The van der Waals surface area contributed by atoms with Crippen molar-refractivity contribution < 1.29 is 0 Å². The summed E-state index contributed by atoms with van der Waals surface area (Å²) in [5, 5.41) is 5.07. The van der Waals surface area contributed by atoms with E-state index in [1.165, 1.54) is 71.6 Å². The third-order valence-corrected chi connectivity index (χ3v) is 11.3. The summed E-state index contributed by atoms with van der Waals surface area (Å²) in [5.74, 6) is 0. The largest absolute Gasteiger partial charge is 0.310 e. The molecule has 10 rings (SSSR count). The van der Waals surface area contributed by atoms with Crippen LogP contribution in [-0.2, 0) is 5.41 Å². The van der Waals surface area contributed by atoms with E-state index in [0.717, 1.165) is 17.1 Å². The Balaban J connectivity index is 1.17. The van der Waals surface area contributed by atoms with Crippen LogP contribution in [0.25, 0.3) is 54.9 Å². The molecule has 0 bridgehead atoms. The maximum atomic E-state index is 2.44. The second kappa shape index (κ2) is 12.5. The third kappa shape index (κ3) is 5.08. The number of fused-ring (bicyclic) bond motifs is 6. The number of anilines is 3. The van der Waals surface area contributed by atoms with Crippen LogP contribution in [0.3, 0.4) is 0 Å². The van der Waals surface area contributed by atoms with E-state index in [-0.39, 0.29) is 5.41 Å². The first-order valence-electron chi connectivity index (χ1n) is 18.4. The van der Waals surface area contributed by atoms with E-state index in [1.807, 2.05) is 0 Å². The molecule has 0 saturated heterocycles. The Labute approximate surface area is 311 Å². The first kappa shape index (κ1) is 31.1. The zero-order chi connectivity index (χ0) is 35.4. The predicted octanol–water partition coefficient (Wildman–Crippen LogP) is 14.1. The normalized spacial score (nSPS) is 14.6. The van der Waals surface area contributed by atoms with Crippen molar-refractivity contribution >= 4 is 38.6 Å². The molecule has 1 heteroatoms. The summed E-state index contributed by atoms with van der Waals surface area (Å²) < 4.78 is 0. The van der Waals surface area contributed by atoms with Crippen molar-refractivity contribution in [3.05, 3.63) is 223 Å². The maximum absolute atomic E-state index is 2.44. The van der Waals surface area contributed by atoms with Gasteiger partial charge in [-0.05, 0) is 115 Å². The molecule has 1 aliphatic rings. The highest BCUT2D eigenvalue weighted by molar-refractivity contribution is 6.14. The van der Waals surface area contributed by atoms with E-state index in [1.54, 1.807) is 0 Å². The van der Waals surface area contributed by atoms with Gasteiger partial charge in [0.05, 0.1) is 0 Å². The van der Waals surface area contributed by atoms with Crippen LogP contribution in [-0.4, -0.2) is 0 Å². The summed E-state index contributed by atoms with van der Waals surface area (Å²) in [6.45, 7) is 2.39. The first-order chi connectivity index (χ1) is 26.2. The number of rotatable bonds is 6. The van der Waals surface area contributed by atoms with Gasteiger partial charge in [-0.3, -0.25) is 0 Å². The molecule has 0 N–H and O–H groups in total. The zero-order valence-corrected chi connectivity index (χ0v) is 29.6. The van der Waals surface area contributed by atoms with Gasteiger partial charge in [-0.15, -0.1) is 0 Å². The Hall–Kier alpha value is -6.70. The number of hydrogen-bond donors (Lipinski definition) is 0. The molecule has 1 aliphatic carbocycles. The summed E-state index contributed by atoms with van der Waals surface area (Å²) in [7, 11) is 0. The molecular formula is C52H37N. The second-order valence-electron chi connectivity index (χ2n) is 14.3. The number of benzene rings is 9. The van der Waals surface area contributed by atoms with Crippen LogP contribution < -0.4 is 4.90 Å². The van der Waals surface area contributed by atoms with Gasteiger partial charge in [0.15, 0.2) is 0 Å². The molecule has 53 heavy (non-hydrogen) atoms. The number of hydrogen-bond acceptors (Lipinski definition) is 1. The highest BCUT2D eigenvalue weighted by Crippen LogP contribution is 2.54. The van der Waals surface area contributed by atoms with Crippen LogP contribution in [0.15, 0.2) is 206 Å². The minimum atomic E-state index is -0.294. The molecule has 0 fully saturated rings.